The molecule has 1 fully saturated rings. The average Bonchev–Trinajstić information content (AvgIpc) is 3.31. The van der Waals surface area contributed by atoms with Gasteiger partial charge in [-0.3, -0.25) is 15.2 Å². The fourth-order valence-corrected chi connectivity index (χ4v) is 3.68. The van der Waals surface area contributed by atoms with Crippen molar-refractivity contribution >= 4 is 28.7 Å². The summed E-state index contributed by atoms with van der Waals surface area (Å²) in [4.78, 5) is 25.6. The van der Waals surface area contributed by atoms with E-state index >= 15 is 0 Å². The van der Waals surface area contributed by atoms with Crippen molar-refractivity contribution in [2.75, 3.05) is 25.0 Å². The van der Waals surface area contributed by atoms with Crippen LogP contribution in [0.25, 0.3) is 22.0 Å². The number of carbonyl (C=O) groups is 2. The standard InChI is InChI=1S/C22H25N5O2/c1-15-5-2-6-16(13-15)17-8-9-18-19(14-17)25-26-21(18)24-22(29)23-10-4-12-27-11-3-7-20(27)28/h2,5-6,8-9,13-14H,3-4,7,10-12H2,1H3,(H3,23,24,25,26,29). The Balaban J connectivity index is 1.34. The summed E-state index contributed by atoms with van der Waals surface area (Å²) < 4.78 is 0. The van der Waals surface area contributed by atoms with Crippen LogP contribution in [0.3, 0.4) is 0 Å². The third-order valence-electron chi connectivity index (χ3n) is 5.21. The Hall–Kier alpha value is -3.35. The molecule has 3 aromatic rings. The van der Waals surface area contributed by atoms with Gasteiger partial charge in [-0.2, -0.15) is 5.10 Å². The number of fused-ring (bicyclic) bond motifs is 1. The van der Waals surface area contributed by atoms with E-state index < -0.39 is 0 Å². The summed E-state index contributed by atoms with van der Waals surface area (Å²) in [6, 6.07) is 14.1. The molecular weight excluding hydrogens is 366 g/mol. The van der Waals surface area contributed by atoms with Crippen molar-refractivity contribution < 1.29 is 9.59 Å². The Labute approximate surface area is 169 Å². The lowest BCUT2D eigenvalue weighted by atomic mass is 10.0. The molecule has 1 aliphatic heterocycles. The molecule has 0 unspecified atom stereocenters. The number of anilines is 1. The topological polar surface area (TPSA) is 90.1 Å². The molecule has 0 saturated carbocycles. The summed E-state index contributed by atoms with van der Waals surface area (Å²) >= 11 is 0. The molecular formula is C22H25N5O2. The second kappa shape index (κ2) is 8.34. The van der Waals surface area contributed by atoms with Gasteiger partial charge in [0, 0.05) is 31.4 Å². The third-order valence-corrected chi connectivity index (χ3v) is 5.21. The van der Waals surface area contributed by atoms with Gasteiger partial charge in [0.1, 0.15) is 0 Å². The molecule has 1 saturated heterocycles. The number of hydrogen-bond donors (Lipinski definition) is 3. The molecule has 0 aliphatic carbocycles. The highest BCUT2D eigenvalue weighted by Crippen LogP contribution is 2.27. The molecule has 3 amide bonds. The van der Waals surface area contributed by atoms with Gasteiger partial charge in [-0.15, -0.1) is 0 Å². The SMILES string of the molecule is Cc1cccc(-c2ccc3c(NC(=O)NCCCN4CCCC4=O)n[nH]c3c2)c1. The fraction of sp³-hybridized carbons (Fsp3) is 0.318. The monoisotopic (exact) mass is 391 g/mol. The molecule has 0 spiro atoms. The van der Waals surface area contributed by atoms with Crippen molar-refractivity contribution in [1.82, 2.24) is 20.4 Å². The number of urea groups is 1. The van der Waals surface area contributed by atoms with Gasteiger partial charge < -0.3 is 10.2 Å². The van der Waals surface area contributed by atoms with E-state index in [-0.39, 0.29) is 11.9 Å². The number of nitrogens with zero attached hydrogens (tertiary/aromatic N) is 2. The Morgan fingerprint density at radius 3 is 2.86 bits per heavy atom. The summed E-state index contributed by atoms with van der Waals surface area (Å²) in [7, 11) is 0. The number of benzene rings is 2. The highest BCUT2D eigenvalue weighted by atomic mass is 16.2. The quantitative estimate of drug-likeness (QED) is 0.560. The van der Waals surface area contributed by atoms with Crippen LogP contribution in [0, 0.1) is 6.92 Å². The number of rotatable bonds is 6. The molecule has 2 heterocycles. The number of aromatic amines is 1. The first-order chi connectivity index (χ1) is 14.1. The minimum absolute atomic E-state index is 0.211. The van der Waals surface area contributed by atoms with E-state index in [1.165, 1.54) is 5.56 Å². The lowest BCUT2D eigenvalue weighted by molar-refractivity contribution is -0.127. The molecule has 29 heavy (non-hydrogen) atoms. The molecule has 1 aliphatic rings. The number of hydrogen-bond acceptors (Lipinski definition) is 3. The predicted octanol–water partition coefficient (Wildman–Crippen LogP) is 3.67. The summed E-state index contributed by atoms with van der Waals surface area (Å²) in [6.07, 6.45) is 2.32. The van der Waals surface area contributed by atoms with Crippen LogP contribution in [-0.2, 0) is 4.79 Å². The van der Waals surface area contributed by atoms with E-state index in [9.17, 15) is 9.59 Å². The number of aromatic nitrogens is 2. The Morgan fingerprint density at radius 2 is 2.07 bits per heavy atom. The number of carbonyl (C=O) groups excluding carboxylic acids is 2. The number of amides is 3. The zero-order chi connectivity index (χ0) is 20.2. The second-order valence-corrected chi connectivity index (χ2v) is 7.42. The molecule has 3 N–H and O–H groups in total. The van der Waals surface area contributed by atoms with Crippen LogP contribution in [0.15, 0.2) is 42.5 Å². The fourth-order valence-electron chi connectivity index (χ4n) is 3.68. The van der Waals surface area contributed by atoms with E-state index in [0.29, 0.717) is 25.3 Å². The molecule has 150 valence electrons. The first kappa shape index (κ1) is 19.0. The summed E-state index contributed by atoms with van der Waals surface area (Å²) in [5.74, 6) is 0.713. The van der Waals surface area contributed by atoms with Crippen molar-refractivity contribution in [2.24, 2.45) is 0 Å². The van der Waals surface area contributed by atoms with E-state index in [0.717, 1.165) is 41.4 Å². The van der Waals surface area contributed by atoms with Crippen LogP contribution in [0.2, 0.25) is 0 Å². The molecule has 1 aromatic heterocycles. The van der Waals surface area contributed by atoms with Gasteiger partial charge in [0.15, 0.2) is 5.82 Å². The summed E-state index contributed by atoms with van der Waals surface area (Å²) in [5.41, 5.74) is 4.31. The summed E-state index contributed by atoms with van der Waals surface area (Å²) in [6.45, 7) is 4.10. The normalized spacial score (nSPS) is 13.8. The van der Waals surface area contributed by atoms with E-state index in [1.54, 1.807) is 0 Å². The highest BCUT2D eigenvalue weighted by Gasteiger charge is 2.19. The Bertz CT molecular complexity index is 1040. The average molecular weight is 391 g/mol. The summed E-state index contributed by atoms with van der Waals surface area (Å²) in [5, 5.41) is 13.7. The van der Waals surface area contributed by atoms with E-state index in [4.69, 9.17) is 0 Å². The molecule has 0 bridgehead atoms. The molecule has 0 atom stereocenters. The minimum Gasteiger partial charge on any atom is -0.343 e. The van der Waals surface area contributed by atoms with E-state index in [1.807, 2.05) is 29.2 Å². The molecule has 2 aromatic carbocycles. The van der Waals surface area contributed by atoms with Gasteiger partial charge in [-0.05, 0) is 43.0 Å². The third kappa shape index (κ3) is 4.39. The zero-order valence-corrected chi connectivity index (χ0v) is 16.5. The number of nitrogens with one attached hydrogen (secondary N) is 3. The second-order valence-electron chi connectivity index (χ2n) is 7.42. The number of likely N-dealkylation sites (tertiary alicyclic amines) is 1. The van der Waals surface area contributed by atoms with Gasteiger partial charge in [-0.25, -0.2) is 4.79 Å². The van der Waals surface area contributed by atoms with E-state index in [2.05, 4.69) is 46.0 Å². The molecule has 0 radical (unpaired) electrons. The van der Waals surface area contributed by atoms with Crippen LogP contribution in [0.5, 0.6) is 0 Å². The maximum atomic E-state index is 12.2. The van der Waals surface area contributed by atoms with Gasteiger partial charge in [0.05, 0.1) is 5.52 Å². The van der Waals surface area contributed by atoms with Crippen molar-refractivity contribution in [2.45, 2.75) is 26.2 Å². The van der Waals surface area contributed by atoms with Crippen molar-refractivity contribution in [3.63, 3.8) is 0 Å². The van der Waals surface area contributed by atoms with Crippen LogP contribution in [0.1, 0.15) is 24.8 Å². The van der Waals surface area contributed by atoms with Gasteiger partial charge in [0.25, 0.3) is 0 Å². The van der Waals surface area contributed by atoms with Crippen molar-refractivity contribution in [3.05, 3.63) is 48.0 Å². The first-order valence-electron chi connectivity index (χ1n) is 9.98. The Morgan fingerprint density at radius 1 is 1.21 bits per heavy atom. The lowest BCUT2D eigenvalue weighted by Crippen LogP contribution is -2.33. The number of aryl methyl sites for hydroxylation is 1. The first-order valence-corrected chi connectivity index (χ1v) is 9.98. The largest absolute Gasteiger partial charge is 0.343 e. The smallest absolute Gasteiger partial charge is 0.320 e. The van der Waals surface area contributed by atoms with Gasteiger partial charge in [-0.1, -0.05) is 35.9 Å². The van der Waals surface area contributed by atoms with Crippen molar-refractivity contribution in [3.8, 4) is 11.1 Å². The molecule has 7 heteroatoms. The Kier molecular flexibility index (Phi) is 5.46. The van der Waals surface area contributed by atoms with Gasteiger partial charge in [0.2, 0.25) is 5.91 Å². The minimum atomic E-state index is -0.297. The zero-order valence-electron chi connectivity index (χ0n) is 16.5. The predicted molar refractivity (Wildman–Crippen MR) is 114 cm³/mol. The van der Waals surface area contributed by atoms with Crippen LogP contribution in [0.4, 0.5) is 10.6 Å². The van der Waals surface area contributed by atoms with Crippen LogP contribution < -0.4 is 10.6 Å². The lowest BCUT2D eigenvalue weighted by Gasteiger charge is -2.15. The number of H-pyrrole nitrogens is 1. The van der Waals surface area contributed by atoms with Crippen molar-refractivity contribution in [1.29, 1.82) is 0 Å². The van der Waals surface area contributed by atoms with Crippen LogP contribution in [-0.4, -0.2) is 46.7 Å². The highest BCUT2D eigenvalue weighted by molar-refractivity contribution is 6.00. The maximum absolute atomic E-state index is 12.2. The molecule has 4 rings (SSSR count). The molecule has 7 nitrogen and oxygen atoms in total. The van der Waals surface area contributed by atoms with Crippen LogP contribution >= 0.6 is 0 Å². The maximum Gasteiger partial charge on any atom is 0.320 e. The van der Waals surface area contributed by atoms with Gasteiger partial charge >= 0.3 is 6.03 Å².